The Morgan fingerprint density at radius 3 is 3.04 bits per heavy atom. The van der Waals surface area contributed by atoms with Crippen molar-refractivity contribution in [3.63, 3.8) is 0 Å². The van der Waals surface area contributed by atoms with Gasteiger partial charge in [-0.15, -0.1) is 11.3 Å². The number of fused-ring (bicyclic) bond motifs is 1. The molecule has 1 amide bonds. The highest BCUT2D eigenvalue weighted by atomic mass is 32.2. The molecule has 1 fully saturated rings. The minimum atomic E-state index is -0.925. The van der Waals surface area contributed by atoms with Crippen LogP contribution in [0.3, 0.4) is 0 Å². The molecular weight excluding hydrogens is 387 g/mol. The molecule has 3 heterocycles. The fourth-order valence-corrected chi connectivity index (χ4v) is 5.75. The van der Waals surface area contributed by atoms with Gasteiger partial charge in [0.15, 0.2) is 4.34 Å². The molecule has 2 aromatic rings. The van der Waals surface area contributed by atoms with E-state index in [4.69, 9.17) is 4.74 Å². The molecule has 0 aliphatic carbocycles. The van der Waals surface area contributed by atoms with Crippen molar-refractivity contribution in [3.8, 4) is 0 Å². The van der Waals surface area contributed by atoms with Crippen LogP contribution in [-0.4, -0.2) is 35.8 Å². The number of benzene rings is 1. The normalized spacial score (nSPS) is 25.6. The lowest BCUT2D eigenvalue weighted by atomic mass is 9.90. The maximum absolute atomic E-state index is 14.6. The van der Waals surface area contributed by atoms with Gasteiger partial charge >= 0.3 is 0 Å². The number of carbonyl (C=O) groups is 1. The van der Waals surface area contributed by atoms with Crippen molar-refractivity contribution < 1.29 is 19.0 Å². The Hall–Kier alpha value is -1.48. The Bertz CT molecular complexity index is 888. The number of hydrogen-bond donors (Lipinski definition) is 1. The lowest BCUT2D eigenvalue weighted by molar-refractivity contribution is -0.118. The lowest BCUT2D eigenvalue weighted by Crippen LogP contribution is -2.36. The average molecular weight is 409 g/mol. The summed E-state index contributed by atoms with van der Waals surface area (Å²) >= 11 is 2.66. The van der Waals surface area contributed by atoms with Crippen molar-refractivity contribution >= 4 is 34.7 Å². The first-order chi connectivity index (χ1) is 12.9. The second-order valence-corrected chi connectivity index (χ2v) is 9.44. The molecule has 1 aromatic carbocycles. The molecule has 4 rings (SSSR count). The number of hydrogen-bond acceptors (Lipinski definition) is 6. The summed E-state index contributed by atoms with van der Waals surface area (Å²) in [5.41, 5.74) is 0.680. The van der Waals surface area contributed by atoms with Gasteiger partial charge in [0.1, 0.15) is 11.4 Å². The largest absolute Gasteiger partial charge is 0.384 e. The van der Waals surface area contributed by atoms with E-state index in [9.17, 15) is 14.3 Å². The van der Waals surface area contributed by atoms with Gasteiger partial charge < -0.3 is 14.7 Å². The highest BCUT2D eigenvalue weighted by molar-refractivity contribution is 8.01. The van der Waals surface area contributed by atoms with Crippen LogP contribution >= 0.6 is 23.1 Å². The van der Waals surface area contributed by atoms with Crippen molar-refractivity contribution in [3.05, 3.63) is 34.6 Å². The zero-order valence-electron chi connectivity index (χ0n) is 15.2. The van der Waals surface area contributed by atoms with E-state index in [1.54, 1.807) is 13.2 Å². The number of aromatic nitrogens is 1. The van der Waals surface area contributed by atoms with E-state index in [1.165, 1.54) is 34.1 Å². The highest BCUT2D eigenvalue weighted by Crippen LogP contribution is 2.42. The van der Waals surface area contributed by atoms with Crippen molar-refractivity contribution in [2.45, 2.75) is 53.5 Å². The molecule has 5 nitrogen and oxygen atoms in total. The summed E-state index contributed by atoms with van der Waals surface area (Å²) in [5.74, 6) is -0.360. The molecule has 2 atom stereocenters. The fourth-order valence-electron chi connectivity index (χ4n) is 3.62. The van der Waals surface area contributed by atoms with E-state index in [0.29, 0.717) is 47.2 Å². The number of thiazole rings is 1. The van der Waals surface area contributed by atoms with Crippen LogP contribution in [0.25, 0.3) is 0 Å². The van der Waals surface area contributed by atoms with E-state index >= 15 is 0 Å². The van der Waals surface area contributed by atoms with E-state index in [1.807, 2.05) is 13.0 Å². The number of aliphatic hydroxyl groups is 1. The van der Waals surface area contributed by atoms with E-state index < -0.39 is 5.60 Å². The number of carbonyl (C=O) groups excluding carboxylic acids is 1. The van der Waals surface area contributed by atoms with Gasteiger partial charge in [0.2, 0.25) is 5.91 Å². The first-order valence-corrected chi connectivity index (χ1v) is 10.6. The van der Waals surface area contributed by atoms with E-state index in [2.05, 4.69) is 4.98 Å². The van der Waals surface area contributed by atoms with Crippen LogP contribution in [0.1, 0.15) is 36.6 Å². The Kier molecular flexibility index (Phi) is 5.00. The number of anilines is 1. The second kappa shape index (κ2) is 7.16. The zero-order chi connectivity index (χ0) is 19.2. The topological polar surface area (TPSA) is 62.7 Å². The van der Waals surface area contributed by atoms with E-state index in [0.717, 1.165) is 10.4 Å². The molecule has 1 unspecified atom stereocenters. The molecule has 0 saturated carbocycles. The molecule has 0 radical (unpaired) electrons. The lowest BCUT2D eigenvalue weighted by Gasteiger charge is -2.34. The van der Waals surface area contributed by atoms with Crippen molar-refractivity contribution in [1.82, 2.24) is 4.98 Å². The van der Waals surface area contributed by atoms with Crippen LogP contribution in [0.2, 0.25) is 0 Å². The molecular formula is C19H21FN2O3S2. The molecule has 1 aromatic heterocycles. The summed E-state index contributed by atoms with van der Waals surface area (Å²) in [6.45, 7) is 2.47. The number of nitrogens with zero attached hydrogens (tertiary/aromatic N) is 2. The zero-order valence-corrected chi connectivity index (χ0v) is 16.8. The fraction of sp³-hybridized carbons (Fsp3) is 0.474. The monoisotopic (exact) mass is 408 g/mol. The van der Waals surface area contributed by atoms with Crippen molar-refractivity contribution in [1.29, 1.82) is 0 Å². The van der Waals surface area contributed by atoms with Crippen molar-refractivity contribution in [2.75, 3.05) is 18.6 Å². The molecule has 1 N–H and O–H groups in total. The number of rotatable bonds is 3. The molecule has 0 bridgehead atoms. The maximum atomic E-state index is 14.6. The Morgan fingerprint density at radius 1 is 1.44 bits per heavy atom. The van der Waals surface area contributed by atoms with Gasteiger partial charge in [-0.2, -0.15) is 0 Å². The summed E-state index contributed by atoms with van der Waals surface area (Å²) in [5, 5.41) is 10.9. The Morgan fingerprint density at radius 2 is 2.26 bits per heavy atom. The summed E-state index contributed by atoms with van der Waals surface area (Å²) in [6, 6.07) is 3.24. The summed E-state index contributed by atoms with van der Waals surface area (Å²) in [7, 11) is 1.68. The number of ether oxygens (including phenoxy) is 1. The van der Waals surface area contributed by atoms with Gasteiger partial charge in [-0.1, -0.05) is 11.8 Å². The molecule has 2 aliphatic heterocycles. The van der Waals surface area contributed by atoms with Crippen molar-refractivity contribution in [2.24, 2.45) is 0 Å². The van der Waals surface area contributed by atoms with Gasteiger partial charge in [0, 0.05) is 38.2 Å². The van der Waals surface area contributed by atoms with Gasteiger partial charge in [-0.25, -0.2) is 9.37 Å². The summed E-state index contributed by atoms with van der Waals surface area (Å²) in [6.07, 6.45) is 3.82. The standard InChI is InChI=1S/C19H21FN2O3S2/c1-11-9-19(24,5-6-25-11)16-10-21-18(27-16)26-15-7-12-3-4-17(23)22(2)14(12)8-13(15)20/h7-8,10-11,24H,3-6,9H2,1-2H3/t11?,19-/m1/s1. The number of halogens is 1. The Labute approximate surface area is 165 Å². The van der Waals surface area contributed by atoms with E-state index in [-0.39, 0.29) is 17.8 Å². The SMILES string of the molecule is CC1C[C@@](O)(c2cnc(Sc3cc4c(cc3F)N(C)C(=O)CC4)s2)CCO1. The first kappa shape index (κ1) is 18.9. The van der Waals surface area contributed by atoms with Gasteiger partial charge in [-0.05, 0) is 31.0 Å². The average Bonchev–Trinajstić information content (AvgIpc) is 3.09. The van der Waals surface area contributed by atoms with Gasteiger partial charge in [0.05, 0.1) is 22.5 Å². The third-order valence-electron chi connectivity index (χ3n) is 5.16. The van der Waals surface area contributed by atoms with Crippen LogP contribution in [0, 0.1) is 5.82 Å². The van der Waals surface area contributed by atoms with Crippen LogP contribution in [0.5, 0.6) is 0 Å². The maximum Gasteiger partial charge on any atom is 0.227 e. The highest BCUT2D eigenvalue weighted by Gasteiger charge is 2.37. The smallest absolute Gasteiger partial charge is 0.227 e. The third-order valence-corrected chi connectivity index (χ3v) is 7.46. The van der Waals surface area contributed by atoms with Crippen LogP contribution in [0.15, 0.2) is 27.6 Å². The minimum absolute atomic E-state index is 0.000238. The van der Waals surface area contributed by atoms with Crippen LogP contribution < -0.4 is 4.90 Å². The van der Waals surface area contributed by atoms with Crippen LogP contribution in [0.4, 0.5) is 10.1 Å². The predicted molar refractivity (Wildman–Crippen MR) is 103 cm³/mol. The molecule has 1 saturated heterocycles. The van der Waals surface area contributed by atoms with Gasteiger partial charge in [-0.3, -0.25) is 4.79 Å². The third kappa shape index (κ3) is 3.63. The summed E-state index contributed by atoms with van der Waals surface area (Å²) < 4.78 is 20.8. The number of amides is 1. The molecule has 8 heteroatoms. The minimum Gasteiger partial charge on any atom is -0.384 e. The first-order valence-electron chi connectivity index (χ1n) is 8.93. The second-order valence-electron chi connectivity index (χ2n) is 7.12. The molecule has 144 valence electrons. The molecule has 27 heavy (non-hydrogen) atoms. The summed E-state index contributed by atoms with van der Waals surface area (Å²) in [4.78, 5) is 19.0. The predicted octanol–water partition coefficient (Wildman–Crippen LogP) is 3.73. The molecule has 0 spiro atoms. The molecule has 2 aliphatic rings. The quantitative estimate of drug-likeness (QED) is 0.839. The van der Waals surface area contributed by atoms with Gasteiger partial charge in [0.25, 0.3) is 0 Å². The Balaban J connectivity index is 1.57. The number of aryl methyl sites for hydroxylation is 1. The van der Waals surface area contributed by atoms with Crippen LogP contribution in [-0.2, 0) is 21.6 Å².